The van der Waals surface area contributed by atoms with Crippen LogP contribution in [0.4, 0.5) is 4.79 Å². The number of nitrogens with two attached hydrogens (primary N) is 1. The summed E-state index contributed by atoms with van der Waals surface area (Å²) in [6.45, 7) is 3.66. The molecule has 102 valence electrons. The molecule has 1 fully saturated rings. The number of nitrogens with zero attached hydrogens (tertiary/aromatic N) is 1. The van der Waals surface area contributed by atoms with Gasteiger partial charge in [0, 0.05) is 13.1 Å². The number of nitrogens with one attached hydrogen (secondary N) is 1. The zero-order valence-electron chi connectivity index (χ0n) is 10.6. The topological polar surface area (TPSA) is 113 Å². The van der Waals surface area contributed by atoms with E-state index in [9.17, 15) is 14.4 Å². The molecule has 0 bridgehead atoms. The zero-order valence-corrected chi connectivity index (χ0v) is 10.6. The van der Waals surface area contributed by atoms with Crippen LogP contribution in [-0.2, 0) is 9.59 Å². The smallest absolute Gasteiger partial charge is 0.318 e. The minimum absolute atomic E-state index is 0.163. The van der Waals surface area contributed by atoms with Crippen LogP contribution < -0.4 is 11.1 Å². The molecular weight excluding hydrogens is 238 g/mol. The Morgan fingerprint density at radius 2 is 2.00 bits per heavy atom. The van der Waals surface area contributed by atoms with E-state index in [2.05, 4.69) is 5.32 Å². The molecule has 0 spiro atoms. The van der Waals surface area contributed by atoms with Crippen LogP contribution in [0.25, 0.3) is 0 Å². The van der Waals surface area contributed by atoms with Crippen LogP contribution in [0.5, 0.6) is 0 Å². The lowest BCUT2D eigenvalue weighted by atomic mass is 9.98. The molecule has 18 heavy (non-hydrogen) atoms. The molecule has 1 aliphatic heterocycles. The number of primary amides is 1. The van der Waals surface area contributed by atoms with E-state index < -0.39 is 29.4 Å². The van der Waals surface area contributed by atoms with E-state index in [1.54, 1.807) is 0 Å². The molecule has 0 saturated carbocycles. The molecule has 1 rings (SSSR count). The fourth-order valence-corrected chi connectivity index (χ4v) is 1.77. The van der Waals surface area contributed by atoms with Crippen LogP contribution in [0.1, 0.15) is 26.7 Å². The highest BCUT2D eigenvalue weighted by molar-refractivity contribution is 5.89. The number of hydrogen-bond donors (Lipinski definition) is 3. The molecule has 0 aromatic rings. The van der Waals surface area contributed by atoms with Crippen LogP contribution in [0.2, 0.25) is 0 Å². The van der Waals surface area contributed by atoms with Crippen LogP contribution in [0.15, 0.2) is 0 Å². The Hall–Kier alpha value is -1.79. The number of rotatable bonds is 3. The van der Waals surface area contributed by atoms with Gasteiger partial charge in [0.2, 0.25) is 5.91 Å². The van der Waals surface area contributed by atoms with E-state index in [0.717, 1.165) is 0 Å². The summed E-state index contributed by atoms with van der Waals surface area (Å²) in [4.78, 5) is 35.3. The van der Waals surface area contributed by atoms with Gasteiger partial charge >= 0.3 is 12.0 Å². The minimum atomic E-state index is -1.15. The number of carbonyl (C=O) groups excluding carboxylic acids is 2. The lowest BCUT2D eigenvalue weighted by molar-refractivity contribution is -0.143. The number of likely N-dealkylation sites (tertiary alicyclic amines) is 1. The Balaban J connectivity index is 2.62. The van der Waals surface area contributed by atoms with Gasteiger partial charge in [0.15, 0.2) is 0 Å². The Morgan fingerprint density at radius 3 is 2.50 bits per heavy atom. The van der Waals surface area contributed by atoms with Crippen molar-refractivity contribution in [2.75, 3.05) is 13.1 Å². The lowest BCUT2D eigenvalue weighted by Gasteiger charge is -2.33. The van der Waals surface area contributed by atoms with E-state index in [1.807, 2.05) is 0 Å². The van der Waals surface area contributed by atoms with Crippen molar-refractivity contribution in [2.45, 2.75) is 32.2 Å². The fraction of sp³-hybridized carbons (Fsp3) is 0.727. The van der Waals surface area contributed by atoms with Crippen LogP contribution in [0.3, 0.4) is 0 Å². The van der Waals surface area contributed by atoms with Gasteiger partial charge in [0.05, 0.1) is 5.92 Å². The Kier molecular flexibility index (Phi) is 4.15. The molecule has 1 heterocycles. The van der Waals surface area contributed by atoms with Crippen molar-refractivity contribution in [3.05, 3.63) is 0 Å². The summed E-state index contributed by atoms with van der Waals surface area (Å²) in [6.07, 6.45) is 1.21. The summed E-state index contributed by atoms with van der Waals surface area (Å²) in [5.41, 5.74) is 4.01. The number of aliphatic carboxylic acids is 1. The van der Waals surface area contributed by atoms with Gasteiger partial charge in [-0.2, -0.15) is 0 Å². The Bertz CT molecular complexity index is 367. The Morgan fingerprint density at radius 1 is 1.39 bits per heavy atom. The monoisotopic (exact) mass is 257 g/mol. The van der Waals surface area contributed by atoms with Crippen LogP contribution in [0, 0.1) is 5.92 Å². The average Bonchev–Trinajstić information content (AvgIpc) is 2.28. The summed E-state index contributed by atoms with van der Waals surface area (Å²) in [5.74, 6) is -2.08. The van der Waals surface area contributed by atoms with Gasteiger partial charge in [-0.15, -0.1) is 0 Å². The third kappa shape index (κ3) is 3.35. The summed E-state index contributed by atoms with van der Waals surface area (Å²) in [5, 5.41) is 11.4. The van der Waals surface area contributed by atoms with Crippen molar-refractivity contribution in [1.82, 2.24) is 10.2 Å². The first-order valence-electron chi connectivity index (χ1n) is 5.84. The second-order valence-corrected chi connectivity index (χ2v) is 5.04. The molecule has 1 atom stereocenters. The predicted octanol–water partition coefficient (Wildman–Crippen LogP) is -0.243. The molecule has 7 nitrogen and oxygen atoms in total. The van der Waals surface area contributed by atoms with Gasteiger partial charge in [0.25, 0.3) is 0 Å². The van der Waals surface area contributed by atoms with Crippen molar-refractivity contribution >= 4 is 17.9 Å². The quantitative estimate of drug-likeness (QED) is 0.647. The lowest BCUT2D eigenvalue weighted by Crippen LogP contribution is -2.58. The number of carboxylic acid groups (broad SMARTS) is 1. The molecular formula is C11H19N3O4. The zero-order chi connectivity index (χ0) is 13.9. The number of hydrogen-bond acceptors (Lipinski definition) is 3. The normalized spacial score (nSPS) is 20.3. The summed E-state index contributed by atoms with van der Waals surface area (Å²) < 4.78 is 0. The number of piperidine rings is 1. The van der Waals surface area contributed by atoms with Gasteiger partial charge in [-0.3, -0.25) is 9.59 Å². The molecule has 0 radical (unpaired) electrons. The third-order valence-electron chi connectivity index (χ3n) is 3.09. The first kappa shape index (κ1) is 14.3. The fourth-order valence-electron chi connectivity index (χ4n) is 1.77. The average molecular weight is 257 g/mol. The maximum atomic E-state index is 11.9. The van der Waals surface area contributed by atoms with Crippen molar-refractivity contribution < 1.29 is 19.5 Å². The minimum Gasteiger partial charge on any atom is -0.481 e. The van der Waals surface area contributed by atoms with E-state index in [1.165, 1.54) is 18.7 Å². The molecule has 0 aromatic carbocycles. The first-order chi connectivity index (χ1) is 8.24. The molecule has 0 aliphatic carbocycles. The van der Waals surface area contributed by atoms with Crippen molar-refractivity contribution in [1.29, 1.82) is 0 Å². The number of carboxylic acids is 1. The second-order valence-electron chi connectivity index (χ2n) is 5.04. The summed E-state index contributed by atoms with van der Waals surface area (Å²) >= 11 is 0. The molecule has 1 saturated heterocycles. The van der Waals surface area contributed by atoms with Crippen LogP contribution >= 0.6 is 0 Å². The van der Waals surface area contributed by atoms with Crippen molar-refractivity contribution in [3.63, 3.8) is 0 Å². The van der Waals surface area contributed by atoms with Gasteiger partial charge in [-0.25, -0.2) is 4.79 Å². The first-order valence-corrected chi connectivity index (χ1v) is 5.84. The molecule has 4 N–H and O–H groups in total. The second kappa shape index (κ2) is 5.24. The summed E-state index contributed by atoms with van der Waals surface area (Å²) in [7, 11) is 0. The molecule has 3 amide bonds. The number of urea groups is 1. The van der Waals surface area contributed by atoms with E-state index in [0.29, 0.717) is 19.4 Å². The maximum absolute atomic E-state index is 11.9. The van der Waals surface area contributed by atoms with Gasteiger partial charge in [0.1, 0.15) is 5.54 Å². The third-order valence-corrected chi connectivity index (χ3v) is 3.09. The largest absolute Gasteiger partial charge is 0.481 e. The van der Waals surface area contributed by atoms with Crippen LogP contribution in [-0.4, -0.2) is 46.5 Å². The van der Waals surface area contributed by atoms with Crippen molar-refractivity contribution in [3.8, 4) is 0 Å². The predicted molar refractivity (Wildman–Crippen MR) is 63.7 cm³/mol. The SMILES string of the molecule is CC(C)(NC(=O)N1CCC[C@H](C(=O)O)C1)C(N)=O. The molecule has 7 heteroatoms. The van der Waals surface area contributed by atoms with E-state index in [-0.39, 0.29) is 6.54 Å². The maximum Gasteiger partial charge on any atom is 0.318 e. The molecule has 0 aromatic heterocycles. The number of carbonyl (C=O) groups is 3. The van der Waals surface area contributed by atoms with Gasteiger partial charge in [-0.05, 0) is 26.7 Å². The van der Waals surface area contributed by atoms with Gasteiger partial charge in [-0.1, -0.05) is 0 Å². The molecule has 0 unspecified atom stereocenters. The highest BCUT2D eigenvalue weighted by Crippen LogP contribution is 2.17. The Labute approximate surface area is 105 Å². The van der Waals surface area contributed by atoms with E-state index in [4.69, 9.17) is 10.8 Å². The standard InChI is InChI=1S/C11H19N3O4/c1-11(2,9(12)17)13-10(18)14-5-3-4-7(6-14)8(15)16/h7H,3-6H2,1-2H3,(H2,12,17)(H,13,18)(H,15,16)/t7-/m0/s1. The summed E-state index contributed by atoms with van der Waals surface area (Å²) in [6, 6.07) is -0.454. The highest BCUT2D eigenvalue weighted by Gasteiger charge is 2.32. The molecule has 1 aliphatic rings. The number of amides is 3. The van der Waals surface area contributed by atoms with E-state index >= 15 is 0 Å². The highest BCUT2D eigenvalue weighted by atomic mass is 16.4. The van der Waals surface area contributed by atoms with Gasteiger partial charge < -0.3 is 21.1 Å². The van der Waals surface area contributed by atoms with Crippen molar-refractivity contribution in [2.24, 2.45) is 11.7 Å².